The van der Waals surface area contributed by atoms with Gasteiger partial charge in [0, 0.05) is 17.8 Å². The Balaban J connectivity index is 1.74. The van der Waals surface area contributed by atoms with E-state index < -0.39 is 21.9 Å². The van der Waals surface area contributed by atoms with E-state index in [-0.39, 0.29) is 10.5 Å². The van der Waals surface area contributed by atoms with E-state index in [9.17, 15) is 18.0 Å². The van der Waals surface area contributed by atoms with Crippen molar-refractivity contribution in [2.45, 2.75) is 17.7 Å². The van der Waals surface area contributed by atoms with Crippen LogP contribution in [0.15, 0.2) is 53.4 Å². The lowest BCUT2D eigenvalue weighted by Crippen LogP contribution is -2.26. The summed E-state index contributed by atoms with van der Waals surface area (Å²) in [6, 6.07) is 12.1. The molecular weight excluding hydrogens is 368 g/mol. The van der Waals surface area contributed by atoms with Gasteiger partial charge in [-0.05, 0) is 55.2 Å². The minimum absolute atomic E-state index is 0.0408. The van der Waals surface area contributed by atoms with Gasteiger partial charge in [-0.25, -0.2) is 17.9 Å². The molecule has 1 amide bonds. The molecule has 1 fully saturated rings. The average Bonchev–Trinajstić information content (AvgIpc) is 3.51. The van der Waals surface area contributed by atoms with Gasteiger partial charge in [0.2, 0.25) is 10.0 Å². The summed E-state index contributed by atoms with van der Waals surface area (Å²) < 4.78 is 31.9. The molecule has 0 heterocycles. The predicted octanol–water partition coefficient (Wildman–Crippen LogP) is 2.41. The number of sulfonamides is 1. The summed E-state index contributed by atoms with van der Waals surface area (Å²) >= 11 is 0. The first-order valence-corrected chi connectivity index (χ1v) is 9.97. The molecule has 27 heavy (non-hydrogen) atoms. The van der Waals surface area contributed by atoms with Gasteiger partial charge in [-0.15, -0.1) is 0 Å². The third-order valence-corrected chi connectivity index (χ3v) is 5.63. The van der Waals surface area contributed by atoms with Crippen LogP contribution in [-0.4, -0.2) is 33.9 Å². The van der Waals surface area contributed by atoms with E-state index >= 15 is 0 Å². The van der Waals surface area contributed by atoms with Gasteiger partial charge in [0.15, 0.2) is 0 Å². The van der Waals surface area contributed by atoms with E-state index in [0.29, 0.717) is 23.7 Å². The smallest absolute Gasteiger partial charge is 0.337 e. The minimum atomic E-state index is -3.66. The van der Waals surface area contributed by atoms with Gasteiger partial charge in [0.05, 0.1) is 17.6 Å². The van der Waals surface area contributed by atoms with Crippen molar-refractivity contribution in [3.63, 3.8) is 0 Å². The normalized spacial score (nSPS) is 13.8. The van der Waals surface area contributed by atoms with E-state index in [1.807, 2.05) is 0 Å². The van der Waals surface area contributed by atoms with Crippen molar-refractivity contribution >= 4 is 27.6 Å². The summed E-state index contributed by atoms with van der Waals surface area (Å²) in [6.07, 6.45) is 2.07. The Morgan fingerprint density at radius 3 is 2.48 bits per heavy atom. The number of nitrogens with one attached hydrogen (secondary N) is 2. The van der Waals surface area contributed by atoms with Crippen LogP contribution in [0.2, 0.25) is 0 Å². The fraction of sp³-hybridized carbons (Fsp3) is 0.263. The Bertz CT molecular complexity index is 968. The van der Waals surface area contributed by atoms with Gasteiger partial charge in [0.25, 0.3) is 5.91 Å². The third kappa shape index (κ3) is 4.93. The van der Waals surface area contributed by atoms with E-state index in [2.05, 4.69) is 14.8 Å². The van der Waals surface area contributed by atoms with Crippen LogP contribution in [0.5, 0.6) is 0 Å². The predicted molar refractivity (Wildman–Crippen MR) is 100 cm³/mol. The maximum Gasteiger partial charge on any atom is 0.337 e. The Morgan fingerprint density at radius 1 is 1.07 bits per heavy atom. The van der Waals surface area contributed by atoms with Crippen LogP contribution in [0.25, 0.3) is 0 Å². The Labute approximate surface area is 157 Å². The average molecular weight is 388 g/mol. The Kier molecular flexibility index (Phi) is 5.57. The van der Waals surface area contributed by atoms with Gasteiger partial charge in [-0.1, -0.05) is 12.1 Å². The molecule has 7 nitrogen and oxygen atoms in total. The van der Waals surface area contributed by atoms with Crippen LogP contribution in [0, 0.1) is 5.92 Å². The molecule has 142 valence electrons. The summed E-state index contributed by atoms with van der Waals surface area (Å²) in [5, 5.41) is 2.65. The fourth-order valence-electron chi connectivity index (χ4n) is 2.48. The van der Waals surface area contributed by atoms with Crippen LogP contribution in [0.4, 0.5) is 5.69 Å². The first-order valence-electron chi connectivity index (χ1n) is 8.48. The number of carbonyl (C=O) groups is 2. The molecule has 0 saturated heterocycles. The number of rotatable bonds is 7. The largest absolute Gasteiger partial charge is 0.465 e. The summed E-state index contributed by atoms with van der Waals surface area (Å²) in [6.45, 7) is 0.416. The molecule has 0 radical (unpaired) electrons. The zero-order chi connectivity index (χ0) is 19.4. The highest BCUT2D eigenvalue weighted by Gasteiger charge is 2.24. The van der Waals surface area contributed by atoms with Gasteiger partial charge in [-0.2, -0.15) is 0 Å². The minimum Gasteiger partial charge on any atom is -0.465 e. The summed E-state index contributed by atoms with van der Waals surface area (Å²) in [4.78, 5) is 24.1. The van der Waals surface area contributed by atoms with Gasteiger partial charge < -0.3 is 10.1 Å². The number of carbonyl (C=O) groups excluding carboxylic acids is 2. The molecule has 0 aliphatic heterocycles. The number of methoxy groups -OCH3 is 1. The molecule has 3 rings (SSSR count). The molecular formula is C19H20N2O5S. The second-order valence-electron chi connectivity index (χ2n) is 6.35. The van der Waals surface area contributed by atoms with E-state index in [1.54, 1.807) is 18.2 Å². The Morgan fingerprint density at radius 2 is 1.78 bits per heavy atom. The zero-order valence-electron chi connectivity index (χ0n) is 14.8. The zero-order valence-corrected chi connectivity index (χ0v) is 15.6. The molecule has 1 aliphatic carbocycles. The van der Waals surface area contributed by atoms with Gasteiger partial charge in [0.1, 0.15) is 0 Å². The van der Waals surface area contributed by atoms with Crippen LogP contribution in [-0.2, 0) is 14.8 Å². The van der Waals surface area contributed by atoms with Crippen LogP contribution in [0.3, 0.4) is 0 Å². The monoisotopic (exact) mass is 388 g/mol. The molecule has 2 aromatic carbocycles. The lowest BCUT2D eigenvalue weighted by molar-refractivity contribution is 0.0600. The first-order chi connectivity index (χ1) is 12.9. The van der Waals surface area contributed by atoms with Crippen molar-refractivity contribution in [3.8, 4) is 0 Å². The molecule has 2 aromatic rings. The van der Waals surface area contributed by atoms with Crippen molar-refractivity contribution in [1.82, 2.24) is 4.72 Å². The highest BCUT2D eigenvalue weighted by molar-refractivity contribution is 7.89. The molecule has 0 spiro atoms. The molecule has 1 aliphatic rings. The van der Waals surface area contributed by atoms with Crippen LogP contribution in [0.1, 0.15) is 33.6 Å². The lowest BCUT2D eigenvalue weighted by Gasteiger charge is -2.09. The number of hydrogen-bond donors (Lipinski definition) is 2. The standard InChI is InChI=1S/C19H20N2O5S/c1-26-19(23)15-5-2-6-16(10-15)21-18(22)14-4-3-7-17(11-14)27(24,25)20-12-13-8-9-13/h2-7,10-11,13,20H,8-9,12H2,1H3,(H,21,22). The van der Waals surface area contributed by atoms with E-state index in [0.717, 1.165) is 12.8 Å². The summed E-state index contributed by atoms with van der Waals surface area (Å²) in [5.41, 5.74) is 0.909. The number of hydrogen-bond acceptors (Lipinski definition) is 5. The topological polar surface area (TPSA) is 102 Å². The summed E-state index contributed by atoms with van der Waals surface area (Å²) in [7, 11) is -2.38. The van der Waals surface area contributed by atoms with Crippen molar-refractivity contribution in [1.29, 1.82) is 0 Å². The second kappa shape index (κ2) is 7.89. The number of benzene rings is 2. The quantitative estimate of drug-likeness (QED) is 0.709. The molecule has 2 N–H and O–H groups in total. The highest BCUT2D eigenvalue weighted by Crippen LogP contribution is 2.28. The lowest BCUT2D eigenvalue weighted by atomic mass is 10.1. The SMILES string of the molecule is COC(=O)c1cccc(NC(=O)c2cccc(S(=O)(=O)NCC3CC3)c2)c1. The van der Waals surface area contributed by atoms with Crippen molar-refractivity contribution < 1.29 is 22.7 Å². The second-order valence-corrected chi connectivity index (χ2v) is 8.12. The highest BCUT2D eigenvalue weighted by atomic mass is 32.2. The van der Waals surface area contributed by atoms with Gasteiger partial charge in [-0.3, -0.25) is 4.79 Å². The van der Waals surface area contributed by atoms with Crippen molar-refractivity contribution in [2.24, 2.45) is 5.92 Å². The third-order valence-electron chi connectivity index (χ3n) is 4.21. The number of amides is 1. The molecule has 0 unspecified atom stereocenters. The first kappa shape index (κ1) is 19.1. The van der Waals surface area contributed by atoms with Crippen molar-refractivity contribution in [3.05, 3.63) is 59.7 Å². The van der Waals surface area contributed by atoms with E-state index in [4.69, 9.17) is 0 Å². The molecule has 0 bridgehead atoms. The molecule has 0 aromatic heterocycles. The maximum atomic E-state index is 12.5. The molecule has 8 heteroatoms. The van der Waals surface area contributed by atoms with Gasteiger partial charge >= 0.3 is 5.97 Å². The molecule has 1 saturated carbocycles. The van der Waals surface area contributed by atoms with Crippen LogP contribution >= 0.6 is 0 Å². The number of esters is 1. The Hall–Kier alpha value is -2.71. The van der Waals surface area contributed by atoms with Crippen molar-refractivity contribution in [2.75, 3.05) is 19.0 Å². The van der Waals surface area contributed by atoms with Crippen LogP contribution < -0.4 is 10.0 Å². The summed E-state index contributed by atoms with van der Waals surface area (Å²) in [5.74, 6) is -0.578. The maximum absolute atomic E-state index is 12.5. The number of ether oxygens (including phenoxy) is 1. The molecule has 0 atom stereocenters. The fourth-order valence-corrected chi connectivity index (χ4v) is 3.64. The van der Waals surface area contributed by atoms with E-state index in [1.165, 1.54) is 37.4 Å². The number of anilines is 1.